The van der Waals surface area contributed by atoms with Crippen LogP contribution in [0.5, 0.6) is 0 Å². The number of amides is 1. The molecule has 0 radical (unpaired) electrons. The van der Waals surface area contributed by atoms with Crippen LogP contribution in [-0.2, 0) is 0 Å². The highest BCUT2D eigenvalue weighted by molar-refractivity contribution is 6.01. The molecule has 1 amide bonds. The molecule has 1 fully saturated rings. The van der Waals surface area contributed by atoms with Crippen LogP contribution in [0.3, 0.4) is 0 Å². The van der Waals surface area contributed by atoms with E-state index >= 15 is 0 Å². The van der Waals surface area contributed by atoms with Gasteiger partial charge in [0.1, 0.15) is 5.69 Å². The van der Waals surface area contributed by atoms with Gasteiger partial charge >= 0.3 is 0 Å². The summed E-state index contributed by atoms with van der Waals surface area (Å²) in [7, 11) is 2.07. The van der Waals surface area contributed by atoms with Crippen LogP contribution in [0.4, 0.5) is 0 Å². The van der Waals surface area contributed by atoms with Gasteiger partial charge in [0.05, 0.1) is 5.52 Å². The summed E-state index contributed by atoms with van der Waals surface area (Å²) in [5, 5.41) is 0.934. The zero-order valence-electron chi connectivity index (χ0n) is 14.1. The zero-order valence-corrected chi connectivity index (χ0v) is 14.1. The summed E-state index contributed by atoms with van der Waals surface area (Å²) in [5.74, 6) is -0.0119. The third-order valence-electron chi connectivity index (χ3n) is 4.61. The Balaban J connectivity index is 1.79. The van der Waals surface area contributed by atoms with E-state index in [2.05, 4.69) is 26.9 Å². The fraction of sp³-hybridized carbons (Fsp3) is 0.263. The summed E-state index contributed by atoms with van der Waals surface area (Å²) >= 11 is 0. The van der Waals surface area contributed by atoms with Crippen molar-refractivity contribution in [3.05, 3.63) is 54.7 Å². The molecule has 4 heterocycles. The van der Waals surface area contributed by atoms with Crippen molar-refractivity contribution in [2.45, 2.75) is 0 Å². The lowest BCUT2D eigenvalue weighted by Gasteiger charge is -2.32. The molecule has 4 rings (SSSR count). The molecule has 1 saturated heterocycles. The number of likely N-dealkylation sites (N-methyl/N-ethyl adjacent to an activating group) is 1. The molecular formula is C19H19N5O. The molecule has 0 atom stereocenters. The molecule has 0 spiro atoms. The third-order valence-corrected chi connectivity index (χ3v) is 4.61. The van der Waals surface area contributed by atoms with E-state index in [1.807, 2.05) is 29.2 Å². The van der Waals surface area contributed by atoms with E-state index in [1.54, 1.807) is 24.8 Å². The second-order valence-electron chi connectivity index (χ2n) is 6.28. The van der Waals surface area contributed by atoms with Crippen molar-refractivity contribution < 1.29 is 4.79 Å². The van der Waals surface area contributed by atoms with Gasteiger partial charge in [-0.3, -0.25) is 14.8 Å². The van der Waals surface area contributed by atoms with Gasteiger partial charge in [0, 0.05) is 56.4 Å². The van der Waals surface area contributed by atoms with Gasteiger partial charge in [-0.15, -0.1) is 0 Å². The molecule has 6 heteroatoms. The van der Waals surface area contributed by atoms with Crippen LogP contribution in [0.15, 0.2) is 49.1 Å². The monoisotopic (exact) mass is 333 g/mol. The average Bonchev–Trinajstić information content (AvgIpc) is 2.68. The molecule has 25 heavy (non-hydrogen) atoms. The molecule has 126 valence electrons. The second-order valence-corrected chi connectivity index (χ2v) is 6.28. The molecule has 0 N–H and O–H groups in total. The maximum atomic E-state index is 13.0. The third kappa shape index (κ3) is 3.08. The molecule has 0 saturated carbocycles. The highest BCUT2D eigenvalue weighted by Crippen LogP contribution is 2.28. The Morgan fingerprint density at radius 3 is 2.48 bits per heavy atom. The van der Waals surface area contributed by atoms with Crippen molar-refractivity contribution in [2.24, 2.45) is 0 Å². The molecule has 3 aromatic heterocycles. The van der Waals surface area contributed by atoms with E-state index in [-0.39, 0.29) is 5.91 Å². The number of pyridine rings is 3. The molecule has 0 unspecified atom stereocenters. The number of rotatable bonds is 2. The van der Waals surface area contributed by atoms with Crippen molar-refractivity contribution in [3.8, 4) is 11.1 Å². The van der Waals surface area contributed by atoms with Crippen molar-refractivity contribution in [3.63, 3.8) is 0 Å². The van der Waals surface area contributed by atoms with Crippen LogP contribution >= 0.6 is 0 Å². The smallest absolute Gasteiger partial charge is 0.272 e. The second kappa shape index (κ2) is 6.57. The van der Waals surface area contributed by atoms with Crippen LogP contribution in [0.2, 0.25) is 0 Å². The quantitative estimate of drug-likeness (QED) is 0.718. The van der Waals surface area contributed by atoms with Crippen molar-refractivity contribution >= 4 is 16.8 Å². The number of carbonyl (C=O) groups excluding carboxylic acids is 1. The highest BCUT2D eigenvalue weighted by atomic mass is 16.2. The minimum absolute atomic E-state index is 0.0119. The summed E-state index contributed by atoms with van der Waals surface area (Å²) in [4.78, 5) is 29.9. The predicted octanol–water partition coefficient (Wildman–Crippen LogP) is 2.08. The van der Waals surface area contributed by atoms with Gasteiger partial charge in [-0.1, -0.05) is 0 Å². The lowest BCUT2D eigenvalue weighted by molar-refractivity contribution is 0.0658. The molecule has 1 aliphatic rings. The highest BCUT2D eigenvalue weighted by Gasteiger charge is 2.22. The van der Waals surface area contributed by atoms with Crippen LogP contribution in [-0.4, -0.2) is 63.9 Å². The number of nitrogens with zero attached hydrogens (tertiary/aromatic N) is 5. The number of piperazine rings is 1. The van der Waals surface area contributed by atoms with Gasteiger partial charge in [0.2, 0.25) is 0 Å². The van der Waals surface area contributed by atoms with Gasteiger partial charge in [0.15, 0.2) is 0 Å². The van der Waals surface area contributed by atoms with Gasteiger partial charge in [-0.25, -0.2) is 4.98 Å². The zero-order chi connectivity index (χ0) is 17.2. The largest absolute Gasteiger partial charge is 0.335 e. The topological polar surface area (TPSA) is 62.2 Å². The van der Waals surface area contributed by atoms with Crippen LogP contribution in [0.1, 0.15) is 10.5 Å². The van der Waals surface area contributed by atoms with Gasteiger partial charge < -0.3 is 9.80 Å². The molecule has 3 aromatic rings. The summed E-state index contributed by atoms with van der Waals surface area (Å²) < 4.78 is 0. The minimum atomic E-state index is -0.0119. The van der Waals surface area contributed by atoms with Gasteiger partial charge in [0.25, 0.3) is 5.91 Å². The number of fused-ring (bicyclic) bond motifs is 1. The van der Waals surface area contributed by atoms with Gasteiger partial charge in [-0.05, 0) is 42.4 Å². The Morgan fingerprint density at radius 1 is 1.00 bits per heavy atom. The molecule has 0 aromatic carbocycles. The number of hydrogen-bond acceptors (Lipinski definition) is 5. The lowest BCUT2D eigenvalue weighted by Crippen LogP contribution is -2.47. The molecule has 1 aliphatic heterocycles. The fourth-order valence-corrected chi connectivity index (χ4v) is 3.12. The normalized spacial score (nSPS) is 15.5. The molecule has 0 aliphatic carbocycles. The Bertz CT molecular complexity index is 904. The Hall–Kier alpha value is -2.86. The first-order chi connectivity index (χ1) is 12.2. The fourth-order valence-electron chi connectivity index (χ4n) is 3.12. The number of carbonyl (C=O) groups is 1. The first-order valence-corrected chi connectivity index (χ1v) is 8.35. The molecular weight excluding hydrogens is 314 g/mol. The summed E-state index contributed by atoms with van der Waals surface area (Å²) in [6.45, 7) is 3.24. The SMILES string of the molecule is CN1CCN(C(=O)c2cc(-c3ccncc3)c3cnccc3n2)CC1. The number of aromatic nitrogens is 3. The maximum Gasteiger partial charge on any atom is 0.272 e. The van der Waals surface area contributed by atoms with E-state index in [0.717, 1.165) is 48.2 Å². The van der Waals surface area contributed by atoms with Crippen LogP contribution in [0, 0.1) is 0 Å². The first-order valence-electron chi connectivity index (χ1n) is 8.35. The minimum Gasteiger partial charge on any atom is -0.335 e. The number of hydrogen-bond donors (Lipinski definition) is 0. The molecule has 6 nitrogen and oxygen atoms in total. The maximum absolute atomic E-state index is 13.0. The first kappa shape index (κ1) is 15.7. The summed E-state index contributed by atoms with van der Waals surface area (Å²) in [6.07, 6.45) is 7.00. The van der Waals surface area contributed by atoms with Crippen molar-refractivity contribution in [2.75, 3.05) is 33.2 Å². The van der Waals surface area contributed by atoms with E-state index in [9.17, 15) is 4.79 Å². The predicted molar refractivity (Wildman–Crippen MR) is 96.2 cm³/mol. The van der Waals surface area contributed by atoms with E-state index in [1.165, 1.54) is 0 Å². The summed E-state index contributed by atoms with van der Waals surface area (Å²) in [6, 6.07) is 7.60. The van der Waals surface area contributed by atoms with Crippen LogP contribution < -0.4 is 0 Å². The Kier molecular flexibility index (Phi) is 4.11. The van der Waals surface area contributed by atoms with E-state index in [0.29, 0.717) is 5.69 Å². The van der Waals surface area contributed by atoms with Gasteiger partial charge in [-0.2, -0.15) is 0 Å². The Morgan fingerprint density at radius 2 is 1.72 bits per heavy atom. The summed E-state index contributed by atoms with van der Waals surface area (Å²) in [5.41, 5.74) is 3.22. The Labute approximate surface area is 146 Å². The van der Waals surface area contributed by atoms with Crippen LogP contribution in [0.25, 0.3) is 22.0 Å². The standard InChI is InChI=1S/C19H19N5O/c1-23-8-10-24(11-9-23)19(25)18-12-15(14-2-5-20-6-3-14)16-13-21-7-4-17(16)22-18/h2-7,12-13H,8-11H2,1H3. The average molecular weight is 333 g/mol. The molecule has 0 bridgehead atoms. The van der Waals surface area contributed by atoms with Crippen molar-refractivity contribution in [1.82, 2.24) is 24.8 Å². The van der Waals surface area contributed by atoms with E-state index in [4.69, 9.17) is 0 Å². The lowest BCUT2D eigenvalue weighted by atomic mass is 10.0. The van der Waals surface area contributed by atoms with Crippen molar-refractivity contribution in [1.29, 1.82) is 0 Å². The van der Waals surface area contributed by atoms with E-state index < -0.39 is 0 Å².